The Balaban J connectivity index is 1.66. The Morgan fingerprint density at radius 1 is 1.33 bits per heavy atom. The summed E-state index contributed by atoms with van der Waals surface area (Å²) in [6.07, 6.45) is 7.48. The lowest BCUT2D eigenvalue weighted by Crippen LogP contribution is -2.38. The Kier molecular flexibility index (Phi) is 5.79. The second kappa shape index (κ2) is 7.59. The van der Waals surface area contributed by atoms with E-state index in [1.165, 1.54) is 25.7 Å². The molecule has 0 aromatic heterocycles. The SMILES string of the molecule is CSC1(CNC(=O)CCOc2ccc(N)cc2)CCCC1. The van der Waals surface area contributed by atoms with Crippen LogP contribution in [0.1, 0.15) is 32.1 Å². The van der Waals surface area contributed by atoms with Gasteiger partial charge < -0.3 is 15.8 Å². The van der Waals surface area contributed by atoms with Gasteiger partial charge in [0.2, 0.25) is 5.91 Å². The maximum atomic E-state index is 11.9. The van der Waals surface area contributed by atoms with E-state index in [0.29, 0.717) is 18.7 Å². The molecule has 3 N–H and O–H groups in total. The van der Waals surface area contributed by atoms with Gasteiger partial charge in [-0.15, -0.1) is 0 Å². The fourth-order valence-electron chi connectivity index (χ4n) is 2.65. The average Bonchev–Trinajstić information content (AvgIpc) is 2.97. The van der Waals surface area contributed by atoms with Gasteiger partial charge in [0, 0.05) is 17.0 Å². The Labute approximate surface area is 130 Å². The molecule has 1 amide bonds. The minimum absolute atomic E-state index is 0.0609. The quantitative estimate of drug-likeness (QED) is 0.760. The van der Waals surface area contributed by atoms with Crippen LogP contribution in [0, 0.1) is 0 Å². The number of rotatable bonds is 7. The molecule has 5 heteroatoms. The molecule has 0 heterocycles. The highest BCUT2D eigenvalue weighted by atomic mass is 32.2. The Morgan fingerprint density at radius 2 is 2.00 bits per heavy atom. The highest BCUT2D eigenvalue weighted by Crippen LogP contribution is 2.39. The maximum Gasteiger partial charge on any atom is 0.223 e. The van der Waals surface area contributed by atoms with Crippen molar-refractivity contribution in [3.8, 4) is 5.75 Å². The van der Waals surface area contributed by atoms with E-state index in [1.54, 1.807) is 12.1 Å². The topological polar surface area (TPSA) is 64.3 Å². The van der Waals surface area contributed by atoms with Gasteiger partial charge in [0.25, 0.3) is 0 Å². The molecule has 4 nitrogen and oxygen atoms in total. The molecule has 1 aromatic carbocycles. The number of benzene rings is 1. The largest absolute Gasteiger partial charge is 0.493 e. The second-order valence-corrected chi connectivity index (χ2v) is 6.81. The average molecular weight is 308 g/mol. The molecule has 2 rings (SSSR count). The zero-order valence-electron chi connectivity index (χ0n) is 12.6. The van der Waals surface area contributed by atoms with Crippen LogP contribution in [0.15, 0.2) is 24.3 Å². The van der Waals surface area contributed by atoms with Crippen LogP contribution in [0.5, 0.6) is 5.75 Å². The summed E-state index contributed by atoms with van der Waals surface area (Å²) >= 11 is 1.89. The van der Waals surface area contributed by atoms with Crippen LogP contribution in [-0.4, -0.2) is 30.1 Å². The van der Waals surface area contributed by atoms with Crippen molar-refractivity contribution >= 4 is 23.4 Å². The lowest BCUT2D eigenvalue weighted by molar-refractivity contribution is -0.121. The number of nitrogens with one attached hydrogen (secondary N) is 1. The Hall–Kier alpha value is -1.36. The number of hydrogen-bond acceptors (Lipinski definition) is 4. The third-order valence-corrected chi connectivity index (χ3v) is 5.45. The van der Waals surface area contributed by atoms with Gasteiger partial charge in [-0.1, -0.05) is 12.8 Å². The first kappa shape index (κ1) is 16.0. The number of nitrogen functional groups attached to an aromatic ring is 1. The van der Waals surface area contributed by atoms with Gasteiger partial charge in [0.15, 0.2) is 0 Å². The number of hydrogen-bond donors (Lipinski definition) is 2. The molecule has 0 saturated heterocycles. The first-order valence-electron chi connectivity index (χ1n) is 7.44. The van der Waals surface area contributed by atoms with Crippen LogP contribution < -0.4 is 15.8 Å². The van der Waals surface area contributed by atoms with Gasteiger partial charge in [-0.25, -0.2) is 0 Å². The van der Waals surface area contributed by atoms with Gasteiger partial charge in [-0.3, -0.25) is 4.79 Å². The van der Waals surface area contributed by atoms with Crippen molar-refractivity contribution in [2.24, 2.45) is 0 Å². The molecule has 1 saturated carbocycles. The van der Waals surface area contributed by atoms with E-state index in [9.17, 15) is 4.79 Å². The first-order valence-corrected chi connectivity index (χ1v) is 8.66. The maximum absolute atomic E-state index is 11.9. The summed E-state index contributed by atoms with van der Waals surface area (Å²) in [6.45, 7) is 1.16. The molecule has 1 aromatic rings. The van der Waals surface area contributed by atoms with E-state index >= 15 is 0 Å². The van der Waals surface area contributed by atoms with Crippen molar-refractivity contribution in [1.82, 2.24) is 5.32 Å². The van der Waals surface area contributed by atoms with E-state index in [1.807, 2.05) is 23.9 Å². The molecular formula is C16H24N2O2S. The summed E-state index contributed by atoms with van der Waals surface area (Å²) in [6, 6.07) is 7.21. The molecule has 0 atom stereocenters. The smallest absolute Gasteiger partial charge is 0.223 e. The normalized spacial score (nSPS) is 16.6. The van der Waals surface area contributed by atoms with Gasteiger partial charge in [0.1, 0.15) is 5.75 Å². The van der Waals surface area contributed by atoms with Crippen molar-refractivity contribution < 1.29 is 9.53 Å². The predicted octanol–water partition coefficient (Wildman–Crippen LogP) is 2.83. The number of carbonyl (C=O) groups excluding carboxylic acids is 1. The van der Waals surface area contributed by atoms with Crippen molar-refractivity contribution in [3.05, 3.63) is 24.3 Å². The Morgan fingerprint density at radius 3 is 2.62 bits per heavy atom. The van der Waals surface area contributed by atoms with Gasteiger partial charge >= 0.3 is 0 Å². The third kappa shape index (κ3) is 4.84. The standard InChI is InChI=1S/C16H24N2O2S/c1-21-16(9-2-3-10-16)12-18-15(19)8-11-20-14-6-4-13(17)5-7-14/h4-7H,2-3,8-12,17H2,1H3,(H,18,19). The minimum Gasteiger partial charge on any atom is -0.493 e. The number of amides is 1. The molecule has 116 valence electrons. The summed E-state index contributed by atoms with van der Waals surface area (Å²) in [4.78, 5) is 11.9. The molecule has 0 bridgehead atoms. The number of anilines is 1. The summed E-state index contributed by atoms with van der Waals surface area (Å²) in [5.41, 5.74) is 6.31. The third-order valence-electron chi connectivity index (χ3n) is 4.03. The van der Waals surface area contributed by atoms with Crippen LogP contribution in [-0.2, 0) is 4.79 Å². The highest BCUT2D eigenvalue weighted by Gasteiger charge is 2.33. The molecule has 21 heavy (non-hydrogen) atoms. The lowest BCUT2D eigenvalue weighted by Gasteiger charge is -2.26. The highest BCUT2D eigenvalue weighted by molar-refractivity contribution is 8.00. The van der Waals surface area contributed by atoms with E-state index in [4.69, 9.17) is 10.5 Å². The van der Waals surface area contributed by atoms with E-state index in [-0.39, 0.29) is 10.7 Å². The Bertz CT molecular complexity index is 456. The monoisotopic (exact) mass is 308 g/mol. The fourth-order valence-corrected chi connectivity index (χ4v) is 3.56. The van der Waals surface area contributed by atoms with Crippen LogP contribution >= 0.6 is 11.8 Å². The predicted molar refractivity (Wildman–Crippen MR) is 88.7 cm³/mol. The number of carbonyl (C=O) groups is 1. The van der Waals surface area contributed by atoms with Gasteiger partial charge in [-0.05, 0) is 43.4 Å². The fraction of sp³-hybridized carbons (Fsp3) is 0.562. The summed E-state index contributed by atoms with van der Waals surface area (Å²) in [5.74, 6) is 0.805. The molecular weight excluding hydrogens is 284 g/mol. The second-order valence-electron chi connectivity index (χ2n) is 5.54. The van der Waals surface area contributed by atoms with Crippen molar-refractivity contribution in [2.45, 2.75) is 36.9 Å². The van der Waals surface area contributed by atoms with Crippen molar-refractivity contribution in [3.63, 3.8) is 0 Å². The zero-order chi connectivity index (χ0) is 15.1. The molecule has 1 aliphatic rings. The summed E-state index contributed by atoms with van der Waals surface area (Å²) in [7, 11) is 0. The molecule has 0 aliphatic heterocycles. The molecule has 0 unspecified atom stereocenters. The number of thioether (sulfide) groups is 1. The van der Waals surface area contributed by atoms with Crippen LogP contribution in [0.3, 0.4) is 0 Å². The number of ether oxygens (including phenoxy) is 1. The van der Waals surface area contributed by atoms with Crippen LogP contribution in [0.25, 0.3) is 0 Å². The van der Waals surface area contributed by atoms with Gasteiger partial charge in [-0.2, -0.15) is 11.8 Å². The van der Waals surface area contributed by atoms with Crippen molar-refractivity contribution in [2.75, 3.05) is 25.1 Å². The zero-order valence-corrected chi connectivity index (χ0v) is 13.4. The molecule has 1 aliphatic carbocycles. The van der Waals surface area contributed by atoms with Crippen molar-refractivity contribution in [1.29, 1.82) is 0 Å². The van der Waals surface area contributed by atoms with Crippen LogP contribution in [0.2, 0.25) is 0 Å². The summed E-state index contributed by atoms with van der Waals surface area (Å²) in [5, 5.41) is 3.05. The summed E-state index contributed by atoms with van der Waals surface area (Å²) < 4.78 is 5.79. The van der Waals surface area contributed by atoms with E-state index in [0.717, 1.165) is 12.3 Å². The first-order chi connectivity index (χ1) is 10.1. The van der Waals surface area contributed by atoms with Gasteiger partial charge in [0.05, 0.1) is 13.0 Å². The molecule has 0 spiro atoms. The van der Waals surface area contributed by atoms with E-state index < -0.39 is 0 Å². The van der Waals surface area contributed by atoms with E-state index in [2.05, 4.69) is 11.6 Å². The number of nitrogens with two attached hydrogens (primary N) is 1. The van der Waals surface area contributed by atoms with Crippen LogP contribution in [0.4, 0.5) is 5.69 Å². The lowest BCUT2D eigenvalue weighted by atomic mass is 10.1. The molecule has 1 fully saturated rings. The minimum atomic E-state index is 0.0609. The molecule has 0 radical (unpaired) electrons.